The van der Waals surface area contributed by atoms with E-state index in [2.05, 4.69) is 285 Å². The molecule has 75 heavy (non-hydrogen) atoms. The van der Waals surface area contributed by atoms with Gasteiger partial charge in [0, 0.05) is 43.9 Å². The van der Waals surface area contributed by atoms with Gasteiger partial charge in [-0.25, -0.2) is 0 Å². The van der Waals surface area contributed by atoms with Crippen molar-refractivity contribution >= 4 is 45.9 Å². The minimum atomic E-state index is 1.14. The van der Waals surface area contributed by atoms with E-state index >= 15 is 0 Å². The van der Waals surface area contributed by atoms with Crippen molar-refractivity contribution in [1.29, 1.82) is 0 Å². The fourth-order valence-corrected chi connectivity index (χ4v) is 8.43. The summed E-state index contributed by atoms with van der Waals surface area (Å²) in [5.74, 6) is 0. The normalized spacial score (nSPS) is 9.63. The summed E-state index contributed by atoms with van der Waals surface area (Å²) in [6, 6.07) is 97.0. The van der Waals surface area contributed by atoms with Crippen LogP contribution < -0.4 is 9.80 Å². The third-order valence-electron chi connectivity index (χ3n) is 10.6. The number of rotatable bonds is 8. The first-order valence-electron chi connectivity index (χ1n) is 26.3. The number of nitrogens with zero attached hydrogens (tertiary/aromatic N) is 2. The van der Waals surface area contributed by atoms with Crippen molar-refractivity contribution in [2.24, 2.45) is 0 Å². The highest BCUT2D eigenvalue weighted by molar-refractivity contribution is 7.99. The van der Waals surface area contributed by atoms with Gasteiger partial charge in [-0.05, 0) is 138 Å². The molecular formula is C72H80N2S. The molecule has 2 nitrogen and oxygen atoms in total. The molecule has 3 heteroatoms. The van der Waals surface area contributed by atoms with Gasteiger partial charge < -0.3 is 9.80 Å². The fraction of sp³-hybridized carbons (Fsp3) is 0.167. The standard InChI is InChI=1S/C38H32N2S.4C7H8.2C3H8/c1-29-23-35(39(31-15-7-3-8-16-31)32-17-9-4-10-18-32)27-37(25-29)41-38-26-30(2)24-36(28-38)40(33-19-11-5-12-20-33)34-21-13-6-14-22-34;4*1-7-5-3-2-4-6-7;2*1-3-2/h3-28H,1-2H3;4*2-6H,1H3;2*3H2,1-2H3. The Morgan fingerprint density at radius 3 is 0.587 bits per heavy atom. The van der Waals surface area contributed by atoms with Gasteiger partial charge in [-0.1, -0.05) is 269 Å². The van der Waals surface area contributed by atoms with E-state index in [9.17, 15) is 0 Å². The van der Waals surface area contributed by atoms with Gasteiger partial charge in [0.25, 0.3) is 0 Å². The van der Waals surface area contributed by atoms with Crippen molar-refractivity contribution in [1.82, 2.24) is 0 Å². The molecule has 0 bridgehead atoms. The summed E-state index contributed by atoms with van der Waals surface area (Å²) in [7, 11) is 0. The molecule has 0 unspecified atom stereocenters. The van der Waals surface area contributed by atoms with E-state index < -0.39 is 0 Å². The van der Waals surface area contributed by atoms with Gasteiger partial charge in [0.15, 0.2) is 0 Å². The highest BCUT2D eigenvalue weighted by atomic mass is 32.2. The maximum atomic E-state index is 2.32. The highest BCUT2D eigenvalue weighted by Crippen LogP contribution is 2.41. The van der Waals surface area contributed by atoms with Crippen molar-refractivity contribution < 1.29 is 0 Å². The quantitative estimate of drug-likeness (QED) is 0.150. The van der Waals surface area contributed by atoms with Crippen molar-refractivity contribution in [3.63, 3.8) is 0 Å². The van der Waals surface area contributed by atoms with Crippen LogP contribution in [0.2, 0.25) is 0 Å². The molecule has 0 heterocycles. The Labute approximate surface area is 457 Å². The first kappa shape index (κ1) is 59.7. The Kier molecular flexibility index (Phi) is 28.1. The lowest BCUT2D eigenvalue weighted by molar-refractivity contribution is 1.09. The lowest BCUT2D eigenvalue weighted by atomic mass is 10.1. The van der Waals surface area contributed by atoms with Crippen LogP contribution in [0.5, 0.6) is 0 Å². The average Bonchev–Trinajstić information content (AvgIpc) is 3.42. The maximum absolute atomic E-state index is 2.32. The molecular weight excluding hydrogens is 925 g/mol. The van der Waals surface area contributed by atoms with Crippen LogP contribution >= 0.6 is 11.8 Å². The average molecular weight is 1010 g/mol. The van der Waals surface area contributed by atoms with Crippen molar-refractivity contribution in [3.8, 4) is 0 Å². The largest absolute Gasteiger partial charge is 0.310 e. The van der Waals surface area contributed by atoms with Gasteiger partial charge in [0.1, 0.15) is 0 Å². The Morgan fingerprint density at radius 2 is 0.413 bits per heavy atom. The van der Waals surface area contributed by atoms with Crippen LogP contribution in [0.3, 0.4) is 0 Å². The third-order valence-corrected chi connectivity index (χ3v) is 11.6. The topological polar surface area (TPSA) is 6.48 Å². The minimum absolute atomic E-state index is 1.14. The molecule has 0 N–H and O–H groups in total. The summed E-state index contributed by atoms with van der Waals surface area (Å²) in [5.41, 5.74) is 14.6. The molecule has 10 rings (SSSR count). The second kappa shape index (κ2) is 35.3. The van der Waals surface area contributed by atoms with E-state index in [1.54, 1.807) is 11.8 Å². The summed E-state index contributed by atoms with van der Waals surface area (Å²) in [6.07, 6.45) is 2.50. The van der Waals surface area contributed by atoms with Crippen LogP contribution in [0.4, 0.5) is 34.1 Å². The van der Waals surface area contributed by atoms with Gasteiger partial charge in [0.05, 0.1) is 0 Å². The first-order chi connectivity index (χ1) is 36.5. The van der Waals surface area contributed by atoms with Crippen LogP contribution in [0.1, 0.15) is 73.9 Å². The molecule has 0 saturated carbocycles. The second-order valence-corrected chi connectivity index (χ2v) is 19.3. The van der Waals surface area contributed by atoms with Crippen molar-refractivity contribution in [2.45, 2.75) is 91.9 Å². The van der Waals surface area contributed by atoms with E-state index in [1.807, 2.05) is 72.8 Å². The molecule has 0 spiro atoms. The Morgan fingerprint density at radius 1 is 0.227 bits per heavy atom. The van der Waals surface area contributed by atoms with Crippen LogP contribution in [0, 0.1) is 41.5 Å². The lowest BCUT2D eigenvalue weighted by Gasteiger charge is -2.27. The number of benzene rings is 10. The molecule has 0 amide bonds. The van der Waals surface area contributed by atoms with E-state index in [0.717, 1.165) is 34.1 Å². The fourth-order valence-electron chi connectivity index (χ4n) is 7.31. The zero-order valence-corrected chi connectivity index (χ0v) is 47.1. The Balaban J connectivity index is 0.000000284. The molecule has 0 aromatic heterocycles. The molecule has 0 aliphatic rings. The summed E-state index contributed by atoms with van der Waals surface area (Å²) < 4.78 is 0. The number of aryl methyl sites for hydroxylation is 6. The molecule has 0 fully saturated rings. The predicted molar refractivity (Wildman–Crippen MR) is 332 cm³/mol. The van der Waals surface area contributed by atoms with Gasteiger partial charge in [-0.3, -0.25) is 0 Å². The highest BCUT2D eigenvalue weighted by Gasteiger charge is 2.16. The van der Waals surface area contributed by atoms with Gasteiger partial charge in [-0.2, -0.15) is 0 Å². The smallest absolute Gasteiger partial charge is 0.0475 e. The van der Waals surface area contributed by atoms with E-state index in [0.29, 0.717) is 0 Å². The molecule has 0 aliphatic heterocycles. The van der Waals surface area contributed by atoms with E-state index in [-0.39, 0.29) is 0 Å². The second-order valence-electron chi connectivity index (χ2n) is 18.2. The summed E-state index contributed by atoms with van der Waals surface area (Å²) in [6.45, 7) is 21.2. The molecule has 10 aromatic carbocycles. The first-order valence-corrected chi connectivity index (χ1v) is 27.1. The van der Waals surface area contributed by atoms with Crippen LogP contribution in [0.15, 0.2) is 289 Å². The summed E-state index contributed by atoms with van der Waals surface area (Å²) in [4.78, 5) is 7.06. The predicted octanol–water partition coefficient (Wildman–Crippen LogP) is 22.2. The monoisotopic (exact) mass is 1000 g/mol. The molecule has 0 saturated heterocycles. The lowest BCUT2D eigenvalue weighted by Crippen LogP contribution is -2.10. The molecule has 0 aliphatic carbocycles. The summed E-state index contributed by atoms with van der Waals surface area (Å²) in [5, 5.41) is 0. The zero-order chi connectivity index (χ0) is 53.9. The van der Waals surface area contributed by atoms with Crippen LogP contribution in [-0.2, 0) is 0 Å². The zero-order valence-electron chi connectivity index (χ0n) is 46.3. The number of anilines is 6. The van der Waals surface area contributed by atoms with Gasteiger partial charge in [-0.15, -0.1) is 0 Å². The van der Waals surface area contributed by atoms with E-state index in [4.69, 9.17) is 0 Å². The molecule has 0 radical (unpaired) electrons. The molecule has 10 aromatic rings. The van der Waals surface area contributed by atoms with Crippen molar-refractivity contribution in [2.75, 3.05) is 9.80 Å². The number of hydrogen-bond donors (Lipinski definition) is 0. The SMILES string of the molecule is CCC.CCC.Cc1cc(Sc2cc(C)cc(N(c3ccccc3)c3ccccc3)c2)cc(N(c2ccccc2)c2ccccc2)c1.Cc1ccccc1.Cc1ccccc1.Cc1ccccc1.Cc1ccccc1. The minimum Gasteiger partial charge on any atom is -0.310 e. The van der Waals surface area contributed by atoms with Gasteiger partial charge in [0.2, 0.25) is 0 Å². The third kappa shape index (κ3) is 23.3. The number of hydrogen-bond acceptors (Lipinski definition) is 3. The van der Waals surface area contributed by atoms with Crippen LogP contribution in [0.25, 0.3) is 0 Å². The van der Waals surface area contributed by atoms with Gasteiger partial charge >= 0.3 is 0 Å². The number of para-hydroxylation sites is 4. The van der Waals surface area contributed by atoms with Crippen LogP contribution in [-0.4, -0.2) is 0 Å². The Bertz CT molecular complexity index is 2610. The molecule has 384 valence electrons. The maximum Gasteiger partial charge on any atom is 0.0475 e. The van der Waals surface area contributed by atoms with Crippen molar-refractivity contribution in [3.05, 3.63) is 312 Å². The summed E-state index contributed by atoms with van der Waals surface area (Å²) >= 11 is 1.81. The van der Waals surface area contributed by atoms with E-state index in [1.165, 1.54) is 56.0 Å². The Hall–Kier alpha value is -7.85. The molecule has 0 atom stereocenters.